The Hall–Kier alpha value is -6.12. The highest BCUT2D eigenvalue weighted by atomic mass is 15.2. The molecule has 0 aliphatic heterocycles. The van der Waals surface area contributed by atoms with E-state index in [1.54, 1.807) is 5.57 Å². The van der Waals surface area contributed by atoms with Crippen LogP contribution in [0.25, 0.3) is 49.7 Å². The van der Waals surface area contributed by atoms with E-state index in [9.17, 15) is 0 Å². The van der Waals surface area contributed by atoms with Gasteiger partial charge in [0.05, 0.1) is 17.1 Å². The average molecular weight is 697 g/mol. The Bertz CT molecular complexity index is 2700. The van der Waals surface area contributed by atoms with Crippen molar-refractivity contribution >= 4 is 33.2 Å². The molecule has 0 radical (unpaired) electrons. The Morgan fingerprint density at radius 1 is 0.500 bits per heavy atom. The van der Waals surface area contributed by atoms with Gasteiger partial charge in [0.15, 0.2) is 0 Å². The molecule has 7 aromatic carbocycles. The van der Waals surface area contributed by atoms with E-state index in [0.717, 1.165) is 12.8 Å². The maximum atomic E-state index is 2.63. The van der Waals surface area contributed by atoms with Crippen molar-refractivity contribution in [1.82, 2.24) is 4.57 Å². The van der Waals surface area contributed by atoms with Crippen LogP contribution in [0.3, 0.4) is 0 Å². The van der Waals surface area contributed by atoms with Crippen LogP contribution in [0.1, 0.15) is 44.7 Å². The Balaban J connectivity index is 1.07. The molecular weight excluding hydrogens is 653 g/mol. The van der Waals surface area contributed by atoms with Crippen LogP contribution in [0.15, 0.2) is 188 Å². The number of para-hydroxylation sites is 2. The third kappa shape index (κ3) is 5.08. The minimum Gasteiger partial charge on any atom is -0.335 e. The summed E-state index contributed by atoms with van der Waals surface area (Å²) in [7, 11) is 0. The number of hydrogen-bond acceptors (Lipinski definition) is 1. The Morgan fingerprint density at radius 3 is 1.91 bits per heavy atom. The third-order valence-electron chi connectivity index (χ3n) is 12.5. The molecule has 2 unspecified atom stereocenters. The highest BCUT2D eigenvalue weighted by Gasteiger charge is 2.51. The second-order valence-electron chi connectivity index (χ2n) is 15.9. The van der Waals surface area contributed by atoms with E-state index in [0.29, 0.717) is 0 Å². The second-order valence-corrected chi connectivity index (χ2v) is 15.9. The summed E-state index contributed by atoms with van der Waals surface area (Å²) >= 11 is 0. The van der Waals surface area contributed by atoms with Crippen LogP contribution >= 0.6 is 0 Å². The molecular formula is C52H44N2. The first-order chi connectivity index (χ1) is 26.4. The number of allylic oxidation sites excluding steroid dienone is 1. The Kier molecular flexibility index (Phi) is 7.52. The first-order valence-corrected chi connectivity index (χ1v) is 19.4. The van der Waals surface area contributed by atoms with E-state index in [2.05, 4.69) is 212 Å². The lowest BCUT2D eigenvalue weighted by Crippen LogP contribution is -2.39. The number of benzene rings is 7. The first kappa shape index (κ1) is 32.5. The minimum absolute atomic E-state index is 0.0201. The lowest BCUT2D eigenvalue weighted by Gasteiger charge is -2.42. The zero-order valence-corrected chi connectivity index (χ0v) is 31.2. The molecule has 0 fully saturated rings. The minimum atomic E-state index is -0.0201. The monoisotopic (exact) mass is 696 g/mol. The molecule has 10 rings (SSSR count). The average Bonchev–Trinajstić information content (AvgIpc) is 3.65. The van der Waals surface area contributed by atoms with Crippen LogP contribution in [0.4, 0.5) is 11.4 Å². The van der Waals surface area contributed by atoms with Gasteiger partial charge in [-0.05, 0) is 101 Å². The molecule has 2 atom stereocenters. The van der Waals surface area contributed by atoms with Crippen molar-refractivity contribution < 1.29 is 0 Å². The summed E-state index contributed by atoms with van der Waals surface area (Å²) < 4.78 is 2.38. The molecule has 8 aromatic rings. The fourth-order valence-corrected chi connectivity index (χ4v) is 9.89. The van der Waals surface area contributed by atoms with Crippen molar-refractivity contribution in [1.29, 1.82) is 0 Å². The summed E-state index contributed by atoms with van der Waals surface area (Å²) in [5.41, 5.74) is 15.6. The fraction of sp³-hybridized carbons (Fsp3) is 0.154. The molecule has 1 aromatic heterocycles. The SMILES string of the molecule is CC1(C)C2=CC(N(c3ccc(-c4ccc5c(c4)c4ccccc4n5-c4ccccc4)cc3)c3cccc(-c4ccccc4)c3)CCC2(C)c2ccccc21. The summed E-state index contributed by atoms with van der Waals surface area (Å²) in [5, 5.41) is 2.54. The van der Waals surface area contributed by atoms with E-state index < -0.39 is 0 Å². The van der Waals surface area contributed by atoms with Gasteiger partial charge in [0, 0.05) is 38.7 Å². The maximum Gasteiger partial charge on any atom is 0.0541 e. The van der Waals surface area contributed by atoms with Crippen molar-refractivity contribution in [3.8, 4) is 27.9 Å². The van der Waals surface area contributed by atoms with Crippen molar-refractivity contribution in [3.05, 3.63) is 199 Å². The maximum absolute atomic E-state index is 2.63. The molecule has 0 N–H and O–H groups in total. The molecule has 2 heteroatoms. The predicted octanol–water partition coefficient (Wildman–Crippen LogP) is 13.6. The molecule has 262 valence electrons. The van der Waals surface area contributed by atoms with Crippen LogP contribution < -0.4 is 4.90 Å². The van der Waals surface area contributed by atoms with Gasteiger partial charge in [-0.1, -0.05) is 154 Å². The van der Waals surface area contributed by atoms with Crippen LogP contribution in [0.2, 0.25) is 0 Å². The van der Waals surface area contributed by atoms with Crippen molar-refractivity contribution in [2.75, 3.05) is 4.90 Å². The second kappa shape index (κ2) is 12.5. The lowest BCUT2D eigenvalue weighted by molar-refractivity contribution is 0.418. The summed E-state index contributed by atoms with van der Waals surface area (Å²) in [6.45, 7) is 7.33. The molecule has 0 bridgehead atoms. The predicted molar refractivity (Wildman–Crippen MR) is 228 cm³/mol. The van der Waals surface area contributed by atoms with Gasteiger partial charge in [0.2, 0.25) is 0 Å². The van der Waals surface area contributed by atoms with E-state index in [-0.39, 0.29) is 16.9 Å². The molecule has 1 heterocycles. The zero-order chi connectivity index (χ0) is 36.4. The van der Waals surface area contributed by atoms with Gasteiger partial charge in [0.1, 0.15) is 0 Å². The van der Waals surface area contributed by atoms with Crippen LogP contribution in [-0.4, -0.2) is 10.6 Å². The molecule has 0 saturated carbocycles. The number of rotatable bonds is 6. The standard InChI is InChI=1S/C52H44N2/c1-51(2)46-22-11-12-23-47(46)52(3)32-31-43(35-50(51)52)53(42-20-14-17-38(33-42)36-15-6-4-7-16-36)41-28-25-37(26-29-41)39-27-30-49-45(34-39)44-21-10-13-24-48(44)54(49)40-18-8-5-9-19-40/h4-30,33-35,43H,31-32H2,1-3H3. The molecule has 0 saturated heterocycles. The lowest BCUT2D eigenvalue weighted by atomic mass is 9.67. The summed E-state index contributed by atoms with van der Waals surface area (Å²) in [6.07, 6.45) is 4.82. The van der Waals surface area contributed by atoms with E-state index in [1.807, 2.05) is 0 Å². The smallest absolute Gasteiger partial charge is 0.0541 e. The number of nitrogens with zero attached hydrogens (tertiary/aromatic N) is 2. The summed E-state index contributed by atoms with van der Waals surface area (Å²) in [6, 6.07) is 64.9. The van der Waals surface area contributed by atoms with Gasteiger partial charge >= 0.3 is 0 Å². The van der Waals surface area contributed by atoms with Gasteiger partial charge in [0.25, 0.3) is 0 Å². The molecule has 0 amide bonds. The normalized spacial score (nSPS) is 18.6. The van der Waals surface area contributed by atoms with Gasteiger partial charge in [-0.3, -0.25) is 0 Å². The quantitative estimate of drug-likeness (QED) is 0.157. The zero-order valence-electron chi connectivity index (χ0n) is 31.2. The van der Waals surface area contributed by atoms with E-state index in [1.165, 1.54) is 72.2 Å². The third-order valence-corrected chi connectivity index (χ3v) is 12.5. The van der Waals surface area contributed by atoms with Gasteiger partial charge < -0.3 is 9.47 Å². The van der Waals surface area contributed by atoms with Crippen LogP contribution in [-0.2, 0) is 10.8 Å². The Morgan fingerprint density at radius 2 is 1.11 bits per heavy atom. The number of anilines is 2. The molecule has 54 heavy (non-hydrogen) atoms. The van der Waals surface area contributed by atoms with Crippen molar-refractivity contribution in [3.63, 3.8) is 0 Å². The van der Waals surface area contributed by atoms with E-state index in [4.69, 9.17) is 0 Å². The van der Waals surface area contributed by atoms with Gasteiger partial charge in [-0.25, -0.2) is 0 Å². The summed E-state index contributed by atoms with van der Waals surface area (Å²) in [4.78, 5) is 2.60. The van der Waals surface area contributed by atoms with Gasteiger partial charge in [-0.2, -0.15) is 0 Å². The molecule has 0 spiro atoms. The molecule has 2 aliphatic rings. The van der Waals surface area contributed by atoms with Gasteiger partial charge in [-0.15, -0.1) is 0 Å². The van der Waals surface area contributed by atoms with Crippen LogP contribution in [0, 0.1) is 0 Å². The van der Waals surface area contributed by atoms with E-state index >= 15 is 0 Å². The molecule has 2 aliphatic carbocycles. The highest BCUT2D eigenvalue weighted by molar-refractivity contribution is 6.10. The summed E-state index contributed by atoms with van der Waals surface area (Å²) in [5.74, 6) is 0. The van der Waals surface area contributed by atoms with Crippen molar-refractivity contribution in [2.24, 2.45) is 0 Å². The molecule has 2 nitrogen and oxygen atoms in total. The topological polar surface area (TPSA) is 8.17 Å². The number of aromatic nitrogens is 1. The first-order valence-electron chi connectivity index (χ1n) is 19.4. The van der Waals surface area contributed by atoms with Crippen molar-refractivity contribution in [2.45, 2.75) is 50.5 Å². The highest BCUT2D eigenvalue weighted by Crippen LogP contribution is 2.58. The largest absolute Gasteiger partial charge is 0.335 e. The fourth-order valence-electron chi connectivity index (χ4n) is 9.89. The van der Waals surface area contributed by atoms with Crippen LogP contribution in [0.5, 0.6) is 0 Å². The Labute approximate surface area is 318 Å². The number of hydrogen-bond donors (Lipinski definition) is 0. The number of fused-ring (bicyclic) bond motifs is 6.